The third kappa shape index (κ3) is 5.36. The zero-order valence-electron chi connectivity index (χ0n) is 16.2. The van der Waals surface area contributed by atoms with E-state index in [1.54, 1.807) is 17.0 Å². The predicted molar refractivity (Wildman–Crippen MR) is 119 cm³/mol. The van der Waals surface area contributed by atoms with E-state index in [4.69, 9.17) is 9.47 Å². The number of fused-ring (bicyclic) bond motifs is 1. The number of carbonyl (C=O) groups excluding carboxylic acids is 1. The molecule has 7 nitrogen and oxygen atoms in total. The lowest BCUT2D eigenvalue weighted by Gasteiger charge is -2.31. The summed E-state index contributed by atoms with van der Waals surface area (Å²) in [7, 11) is 3.14. The fraction of sp³-hybridized carbons (Fsp3) is 0.182. The van der Waals surface area contributed by atoms with Crippen LogP contribution in [0.5, 0.6) is 5.75 Å². The molecule has 1 aliphatic rings. The molecular weight excluding hydrogens is 436 g/mol. The van der Waals surface area contributed by atoms with Crippen LogP contribution < -0.4 is 4.74 Å². The SMILES string of the molecule is O=C(Oc1ccc([N+](=O)[O-])cc1)O[C@@H]1CCc2ccccc2[C@H]1SSc1ccccn1. The minimum atomic E-state index is -0.827. The monoisotopic (exact) mass is 454 g/mol. The molecule has 0 amide bonds. The number of nitrogens with zero attached hydrogens (tertiary/aromatic N) is 2. The second kappa shape index (κ2) is 9.84. The van der Waals surface area contributed by atoms with Crippen molar-refractivity contribution in [1.82, 2.24) is 4.98 Å². The van der Waals surface area contributed by atoms with Gasteiger partial charge in [0.2, 0.25) is 0 Å². The van der Waals surface area contributed by atoms with E-state index in [0.29, 0.717) is 6.42 Å². The maximum Gasteiger partial charge on any atom is 0.514 e. The highest BCUT2D eigenvalue weighted by Crippen LogP contribution is 2.48. The van der Waals surface area contributed by atoms with Crippen LogP contribution in [0, 0.1) is 10.1 Å². The third-order valence-electron chi connectivity index (χ3n) is 4.77. The molecule has 0 unspecified atom stereocenters. The van der Waals surface area contributed by atoms with Gasteiger partial charge in [-0.05, 0) is 59.0 Å². The van der Waals surface area contributed by atoms with E-state index >= 15 is 0 Å². The smallest absolute Gasteiger partial charge is 0.429 e. The molecular formula is C22H18N2O5S2. The number of ether oxygens (including phenoxy) is 2. The topological polar surface area (TPSA) is 91.6 Å². The maximum atomic E-state index is 12.4. The van der Waals surface area contributed by atoms with E-state index in [2.05, 4.69) is 17.1 Å². The molecule has 2 aromatic carbocycles. The average Bonchev–Trinajstić information content (AvgIpc) is 2.79. The fourth-order valence-electron chi connectivity index (χ4n) is 3.30. The molecule has 31 heavy (non-hydrogen) atoms. The molecule has 1 aromatic heterocycles. The van der Waals surface area contributed by atoms with E-state index < -0.39 is 11.1 Å². The van der Waals surface area contributed by atoms with Crippen LogP contribution in [0.25, 0.3) is 0 Å². The van der Waals surface area contributed by atoms with Crippen LogP contribution in [0.3, 0.4) is 0 Å². The molecule has 158 valence electrons. The Morgan fingerprint density at radius 3 is 2.58 bits per heavy atom. The Morgan fingerprint density at radius 2 is 1.84 bits per heavy atom. The fourth-order valence-corrected chi connectivity index (χ4v) is 5.98. The number of rotatable bonds is 6. The lowest BCUT2D eigenvalue weighted by molar-refractivity contribution is -0.384. The number of nitro groups is 1. The summed E-state index contributed by atoms with van der Waals surface area (Å²) in [6.07, 6.45) is 2.02. The van der Waals surface area contributed by atoms with Gasteiger partial charge in [-0.15, -0.1) is 0 Å². The molecule has 0 spiro atoms. The van der Waals surface area contributed by atoms with Crippen molar-refractivity contribution in [3.63, 3.8) is 0 Å². The quantitative estimate of drug-likeness (QED) is 0.147. The first kappa shape index (κ1) is 21.2. The largest absolute Gasteiger partial charge is 0.514 e. The molecule has 9 heteroatoms. The van der Waals surface area contributed by atoms with Gasteiger partial charge in [-0.1, -0.05) is 41.1 Å². The van der Waals surface area contributed by atoms with Crippen molar-refractivity contribution in [2.75, 3.05) is 0 Å². The number of nitro benzene ring substituents is 1. The summed E-state index contributed by atoms with van der Waals surface area (Å²) in [5.74, 6) is 0.193. The Hall–Kier alpha value is -3.04. The first-order valence-electron chi connectivity index (χ1n) is 9.55. The molecule has 1 heterocycles. The Balaban J connectivity index is 1.46. The first-order chi connectivity index (χ1) is 15.1. The summed E-state index contributed by atoms with van der Waals surface area (Å²) >= 11 is 0. The van der Waals surface area contributed by atoms with Gasteiger partial charge in [0.05, 0.1) is 10.2 Å². The summed E-state index contributed by atoms with van der Waals surface area (Å²) in [5, 5.41) is 11.6. The number of aryl methyl sites for hydroxylation is 1. The summed E-state index contributed by atoms with van der Waals surface area (Å²) in [5.41, 5.74) is 2.30. The van der Waals surface area contributed by atoms with E-state index in [1.165, 1.54) is 40.6 Å². The number of carbonyl (C=O) groups is 1. The normalized spacial score (nSPS) is 17.4. The highest BCUT2D eigenvalue weighted by atomic mass is 33.1. The molecule has 0 saturated heterocycles. The third-order valence-corrected chi connectivity index (χ3v) is 7.47. The summed E-state index contributed by atoms with van der Waals surface area (Å²) in [6.45, 7) is 0. The zero-order chi connectivity index (χ0) is 21.6. The second-order valence-corrected chi connectivity index (χ2v) is 9.13. The summed E-state index contributed by atoms with van der Waals surface area (Å²) in [6, 6.07) is 19.2. The molecule has 2 atom stereocenters. The Morgan fingerprint density at radius 1 is 1.06 bits per heavy atom. The van der Waals surface area contributed by atoms with Gasteiger partial charge >= 0.3 is 6.16 Å². The number of benzene rings is 2. The standard InChI is InChI=1S/C22H18N2O5S2/c25-22(28-17-11-9-16(10-12-17)24(26)27)29-19-13-8-15-5-1-2-6-18(15)21(19)31-30-20-7-3-4-14-23-20/h1-7,9-12,14,19,21H,8,13H2/t19-,21-/m1/s1. The Kier molecular flexibility index (Phi) is 6.73. The average molecular weight is 455 g/mol. The van der Waals surface area contributed by atoms with E-state index in [1.807, 2.05) is 30.3 Å². The van der Waals surface area contributed by atoms with Gasteiger partial charge in [0, 0.05) is 18.3 Å². The van der Waals surface area contributed by atoms with Gasteiger partial charge in [-0.25, -0.2) is 9.78 Å². The second-order valence-electron chi connectivity index (χ2n) is 6.76. The van der Waals surface area contributed by atoms with Crippen LogP contribution in [-0.2, 0) is 11.2 Å². The van der Waals surface area contributed by atoms with Crippen molar-refractivity contribution in [1.29, 1.82) is 0 Å². The minimum Gasteiger partial charge on any atom is -0.429 e. The number of pyridine rings is 1. The van der Waals surface area contributed by atoms with Gasteiger partial charge in [-0.3, -0.25) is 10.1 Å². The number of non-ortho nitro benzene ring substituents is 1. The molecule has 0 aliphatic heterocycles. The van der Waals surface area contributed by atoms with E-state index in [0.717, 1.165) is 17.0 Å². The van der Waals surface area contributed by atoms with Gasteiger partial charge in [-0.2, -0.15) is 0 Å². The van der Waals surface area contributed by atoms with E-state index in [-0.39, 0.29) is 22.8 Å². The van der Waals surface area contributed by atoms with Crippen molar-refractivity contribution in [2.45, 2.75) is 29.2 Å². The summed E-state index contributed by atoms with van der Waals surface area (Å²) < 4.78 is 10.9. The molecule has 1 aliphatic carbocycles. The molecule has 0 saturated carbocycles. The first-order valence-corrected chi connectivity index (χ1v) is 11.8. The van der Waals surface area contributed by atoms with Gasteiger partial charge in [0.1, 0.15) is 16.9 Å². The molecule has 4 rings (SSSR count). The van der Waals surface area contributed by atoms with Gasteiger partial charge in [0.25, 0.3) is 5.69 Å². The van der Waals surface area contributed by atoms with Crippen molar-refractivity contribution in [2.24, 2.45) is 0 Å². The van der Waals surface area contributed by atoms with Gasteiger partial charge in [0.15, 0.2) is 0 Å². The van der Waals surface area contributed by atoms with Crippen LogP contribution in [0.1, 0.15) is 22.8 Å². The molecule has 0 bridgehead atoms. The number of aromatic nitrogens is 1. The van der Waals surface area contributed by atoms with Crippen LogP contribution in [0.2, 0.25) is 0 Å². The number of hydrogen-bond donors (Lipinski definition) is 0. The van der Waals surface area contributed by atoms with Crippen LogP contribution in [-0.4, -0.2) is 22.2 Å². The van der Waals surface area contributed by atoms with Gasteiger partial charge < -0.3 is 9.47 Å². The van der Waals surface area contributed by atoms with Crippen molar-refractivity contribution >= 4 is 33.4 Å². The molecule has 3 aromatic rings. The van der Waals surface area contributed by atoms with Crippen molar-refractivity contribution in [3.05, 3.63) is 94.2 Å². The van der Waals surface area contributed by atoms with Crippen LogP contribution >= 0.6 is 21.6 Å². The highest BCUT2D eigenvalue weighted by Gasteiger charge is 2.34. The lowest BCUT2D eigenvalue weighted by atomic mass is 9.89. The number of hydrogen-bond acceptors (Lipinski definition) is 8. The Labute approximate surface area is 186 Å². The minimum absolute atomic E-state index is 0.0763. The van der Waals surface area contributed by atoms with Crippen molar-refractivity contribution in [3.8, 4) is 5.75 Å². The van der Waals surface area contributed by atoms with Crippen LogP contribution in [0.15, 0.2) is 78.0 Å². The molecule has 0 radical (unpaired) electrons. The highest BCUT2D eigenvalue weighted by molar-refractivity contribution is 8.76. The summed E-state index contributed by atoms with van der Waals surface area (Å²) in [4.78, 5) is 27.0. The predicted octanol–water partition coefficient (Wildman–Crippen LogP) is 6.00. The zero-order valence-corrected chi connectivity index (χ0v) is 17.9. The maximum absolute atomic E-state index is 12.4. The Bertz CT molecular complexity index is 1060. The van der Waals surface area contributed by atoms with Crippen LogP contribution in [0.4, 0.5) is 10.5 Å². The molecule has 0 fully saturated rings. The molecule has 0 N–H and O–H groups in total. The van der Waals surface area contributed by atoms with Crippen molar-refractivity contribution < 1.29 is 19.2 Å². The van der Waals surface area contributed by atoms with E-state index in [9.17, 15) is 14.9 Å². The lowest BCUT2D eigenvalue weighted by Crippen LogP contribution is -2.29.